The largest absolute Gasteiger partial charge is 0.457 e. The fraction of sp³-hybridized carbons (Fsp3) is 0.280. The highest BCUT2D eigenvalue weighted by molar-refractivity contribution is 5.98. The number of ether oxygens (including phenoxy) is 1. The molecule has 8 nitrogen and oxygen atoms in total. The van der Waals surface area contributed by atoms with Gasteiger partial charge >= 0.3 is 0 Å². The Morgan fingerprint density at radius 3 is 2.74 bits per heavy atom. The first-order valence-electron chi connectivity index (χ1n) is 11.3. The summed E-state index contributed by atoms with van der Waals surface area (Å²) in [5, 5.41) is 5.18. The van der Waals surface area contributed by atoms with Gasteiger partial charge in [-0.05, 0) is 36.6 Å². The first-order valence-corrected chi connectivity index (χ1v) is 11.3. The summed E-state index contributed by atoms with van der Waals surface area (Å²) in [4.78, 5) is 21.9. The molecule has 2 N–H and O–H groups in total. The molecule has 1 aliphatic heterocycles. The Hall–Kier alpha value is -4.01. The van der Waals surface area contributed by atoms with Crippen molar-refractivity contribution in [3.8, 4) is 22.8 Å². The number of carbonyl (C=O) groups is 1. The number of anilines is 1. The van der Waals surface area contributed by atoms with Gasteiger partial charge in [0.05, 0.1) is 18.0 Å². The molecule has 1 unspecified atom stereocenters. The van der Waals surface area contributed by atoms with Crippen molar-refractivity contribution in [1.82, 2.24) is 24.6 Å². The first-order chi connectivity index (χ1) is 16.6. The number of nitrogens with two attached hydrogens (primary N) is 1. The van der Waals surface area contributed by atoms with Gasteiger partial charge in [-0.15, -0.1) is 0 Å². The van der Waals surface area contributed by atoms with Crippen molar-refractivity contribution in [1.29, 1.82) is 0 Å². The molecule has 2 aromatic carbocycles. The van der Waals surface area contributed by atoms with Gasteiger partial charge in [0.25, 0.3) is 0 Å². The molecule has 5 rings (SSSR count). The van der Waals surface area contributed by atoms with Crippen molar-refractivity contribution in [2.75, 3.05) is 12.3 Å². The summed E-state index contributed by atoms with van der Waals surface area (Å²) in [6.45, 7) is 3.30. The van der Waals surface area contributed by atoms with Crippen molar-refractivity contribution >= 4 is 23.3 Å². The van der Waals surface area contributed by atoms with Gasteiger partial charge in [0.1, 0.15) is 35.2 Å². The standard InChI is InChI=1S/C25H25FN6O2/c1-2-16-10-17(31(12-16)15-33)13-32-25-22(24(27)28-14-29-25)23(30-32)20-9-8-19(11-21(20)26)34-18-6-4-3-5-7-18/h3-9,11,14-17H,2,10,12-13H2,1H3,(H2,27,28,29)/t16?,17-/m1/s1. The van der Waals surface area contributed by atoms with E-state index in [0.29, 0.717) is 40.7 Å². The SMILES string of the molecule is CCC1C[C@H](Cn2nc(-c3ccc(Oc4ccccc4)cc3F)c3c(N)ncnc32)N(C=O)C1. The molecule has 0 saturated carbocycles. The number of nitrogen functional groups attached to an aromatic ring is 1. The van der Waals surface area contributed by atoms with Crippen LogP contribution in [-0.4, -0.2) is 43.6 Å². The van der Waals surface area contributed by atoms with Gasteiger partial charge in [0, 0.05) is 18.2 Å². The fourth-order valence-corrected chi connectivity index (χ4v) is 4.57. The lowest BCUT2D eigenvalue weighted by molar-refractivity contribution is -0.119. The van der Waals surface area contributed by atoms with Crippen LogP contribution >= 0.6 is 0 Å². The molecule has 3 heterocycles. The number of benzene rings is 2. The second-order valence-electron chi connectivity index (χ2n) is 8.51. The van der Waals surface area contributed by atoms with Crippen LogP contribution in [0.25, 0.3) is 22.3 Å². The van der Waals surface area contributed by atoms with Crippen molar-refractivity contribution in [2.24, 2.45) is 5.92 Å². The molecular weight excluding hydrogens is 435 g/mol. The van der Waals surface area contributed by atoms with Gasteiger partial charge in [-0.3, -0.25) is 4.79 Å². The van der Waals surface area contributed by atoms with E-state index in [4.69, 9.17) is 10.5 Å². The van der Waals surface area contributed by atoms with E-state index in [9.17, 15) is 4.79 Å². The number of hydrogen-bond donors (Lipinski definition) is 1. The van der Waals surface area contributed by atoms with Crippen LogP contribution in [0.4, 0.5) is 10.2 Å². The number of aromatic nitrogens is 4. The summed E-state index contributed by atoms with van der Waals surface area (Å²) in [5.41, 5.74) is 7.32. The highest BCUT2D eigenvalue weighted by atomic mass is 19.1. The van der Waals surface area contributed by atoms with Crippen LogP contribution in [0.1, 0.15) is 19.8 Å². The number of rotatable bonds is 7. The lowest BCUT2D eigenvalue weighted by Crippen LogP contribution is -2.32. The molecule has 0 radical (unpaired) electrons. The molecule has 2 aromatic heterocycles. The molecule has 34 heavy (non-hydrogen) atoms. The average molecular weight is 461 g/mol. The fourth-order valence-electron chi connectivity index (χ4n) is 4.57. The van der Waals surface area contributed by atoms with Crippen LogP contribution in [0.15, 0.2) is 54.9 Å². The number of fused-ring (bicyclic) bond motifs is 1. The van der Waals surface area contributed by atoms with E-state index >= 15 is 4.39 Å². The molecule has 174 valence electrons. The van der Waals surface area contributed by atoms with Gasteiger partial charge in [-0.2, -0.15) is 5.10 Å². The van der Waals surface area contributed by atoms with Gasteiger partial charge in [-0.25, -0.2) is 19.0 Å². The Bertz CT molecular complexity index is 1330. The number of halogens is 1. The topological polar surface area (TPSA) is 99.2 Å². The lowest BCUT2D eigenvalue weighted by Gasteiger charge is -2.19. The van der Waals surface area contributed by atoms with E-state index in [2.05, 4.69) is 22.0 Å². The minimum Gasteiger partial charge on any atom is -0.457 e. The second-order valence-corrected chi connectivity index (χ2v) is 8.51. The number of carbonyl (C=O) groups excluding carboxylic acids is 1. The van der Waals surface area contributed by atoms with Gasteiger partial charge in [0.2, 0.25) is 6.41 Å². The van der Waals surface area contributed by atoms with E-state index in [1.807, 2.05) is 23.1 Å². The number of amides is 1. The van der Waals surface area contributed by atoms with Crippen molar-refractivity contribution in [2.45, 2.75) is 32.4 Å². The van der Waals surface area contributed by atoms with E-state index in [-0.39, 0.29) is 17.4 Å². The van der Waals surface area contributed by atoms with Gasteiger partial charge in [0.15, 0.2) is 5.65 Å². The first kappa shape index (κ1) is 21.8. The third-order valence-corrected chi connectivity index (χ3v) is 6.37. The number of hydrogen-bond acceptors (Lipinski definition) is 6. The smallest absolute Gasteiger partial charge is 0.210 e. The van der Waals surface area contributed by atoms with Crippen LogP contribution in [0.2, 0.25) is 0 Å². The normalized spacial score (nSPS) is 17.9. The highest BCUT2D eigenvalue weighted by Crippen LogP contribution is 2.35. The van der Waals surface area contributed by atoms with Crippen LogP contribution in [0, 0.1) is 11.7 Å². The Morgan fingerprint density at radius 2 is 2.00 bits per heavy atom. The lowest BCUT2D eigenvalue weighted by atomic mass is 10.0. The molecule has 1 fully saturated rings. The maximum atomic E-state index is 15.3. The monoisotopic (exact) mass is 460 g/mol. The number of nitrogens with zero attached hydrogens (tertiary/aromatic N) is 5. The van der Waals surface area contributed by atoms with Crippen LogP contribution in [0.5, 0.6) is 11.5 Å². The predicted octanol–water partition coefficient (Wildman–Crippen LogP) is 4.26. The van der Waals surface area contributed by atoms with Crippen LogP contribution in [-0.2, 0) is 11.3 Å². The highest BCUT2D eigenvalue weighted by Gasteiger charge is 2.31. The van der Waals surface area contributed by atoms with Gasteiger partial charge in [-0.1, -0.05) is 31.5 Å². The summed E-state index contributed by atoms with van der Waals surface area (Å²) < 4.78 is 22.7. The number of likely N-dealkylation sites (tertiary alicyclic amines) is 1. The van der Waals surface area contributed by atoms with Crippen molar-refractivity contribution in [3.63, 3.8) is 0 Å². The summed E-state index contributed by atoms with van der Waals surface area (Å²) in [6, 6.07) is 13.8. The molecule has 1 saturated heterocycles. The summed E-state index contributed by atoms with van der Waals surface area (Å²) in [5.74, 6) is 1.16. The zero-order valence-corrected chi connectivity index (χ0v) is 18.8. The quantitative estimate of drug-likeness (QED) is 0.414. The second kappa shape index (κ2) is 9.09. The Kier molecular flexibility index (Phi) is 5.83. The molecule has 9 heteroatoms. The van der Waals surface area contributed by atoms with Crippen molar-refractivity contribution < 1.29 is 13.9 Å². The van der Waals surface area contributed by atoms with Crippen LogP contribution < -0.4 is 10.5 Å². The summed E-state index contributed by atoms with van der Waals surface area (Å²) in [6.07, 6.45) is 4.14. The van der Waals surface area contributed by atoms with Gasteiger partial charge < -0.3 is 15.4 Å². The average Bonchev–Trinajstić information content (AvgIpc) is 3.42. The third kappa shape index (κ3) is 4.05. The van der Waals surface area contributed by atoms with E-state index in [1.54, 1.807) is 28.9 Å². The zero-order chi connectivity index (χ0) is 23.7. The molecule has 0 aliphatic carbocycles. The molecule has 1 aliphatic rings. The predicted molar refractivity (Wildman–Crippen MR) is 127 cm³/mol. The minimum absolute atomic E-state index is 0.0129. The molecule has 1 amide bonds. The van der Waals surface area contributed by atoms with E-state index in [0.717, 1.165) is 25.8 Å². The molecule has 2 atom stereocenters. The minimum atomic E-state index is -0.496. The summed E-state index contributed by atoms with van der Waals surface area (Å²) in [7, 11) is 0. The molecule has 4 aromatic rings. The van der Waals surface area contributed by atoms with E-state index < -0.39 is 5.82 Å². The zero-order valence-electron chi connectivity index (χ0n) is 18.8. The number of para-hydroxylation sites is 1. The van der Waals surface area contributed by atoms with Crippen molar-refractivity contribution in [3.05, 3.63) is 60.7 Å². The molecule has 0 spiro atoms. The Morgan fingerprint density at radius 1 is 1.18 bits per heavy atom. The van der Waals surface area contributed by atoms with E-state index in [1.165, 1.54) is 12.4 Å². The maximum absolute atomic E-state index is 15.3. The van der Waals surface area contributed by atoms with Crippen LogP contribution in [0.3, 0.4) is 0 Å². The molecular formula is C25H25FN6O2. The Labute approximate surface area is 196 Å². The Balaban J connectivity index is 1.51. The third-order valence-electron chi connectivity index (χ3n) is 6.37. The molecule has 0 bridgehead atoms. The summed E-state index contributed by atoms with van der Waals surface area (Å²) >= 11 is 0. The maximum Gasteiger partial charge on any atom is 0.210 e.